The quantitative estimate of drug-likeness (QED) is 0.750. The molecule has 1 aromatic rings. The lowest BCUT2D eigenvalue weighted by atomic mass is 10.1. The third-order valence-electron chi connectivity index (χ3n) is 3.46. The Bertz CT molecular complexity index is 531. The summed E-state index contributed by atoms with van der Waals surface area (Å²) in [6.45, 7) is 4.66. The minimum Gasteiger partial charge on any atom is -0.493 e. The molecule has 0 aliphatic heterocycles. The van der Waals surface area contributed by atoms with Crippen molar-refractivity contribution in [2.75, 3.05) is 33.9 Å². The molecular weight excluding hydrogens is 296 g/mol. The third kappa shape index (κ3) is 6.18. The van der Waals surface area contributed by atoms with Gasteiger partial charge in [0.05, 0.1) is 20.8 Å². The van der Waals surface area contributed by atoms with Gasteiger partial charge in [-0.25, -0.2) is 0 Å². The van der Waals surface area contributed by atoms with E-state index in [2.05, 4.69) is 5.32 Å². The predicted octanol–water partition coefficient (Wildman–Crippen LogP) is 1.62. The fraction of sp³-hybridized carbons (Fsp3) is 0.529. The largest absolute Gasteiger partial charge is 0.493 e. The fourth-order valence-electron chi connectivity index (χ4n) is 2.23. The average Bonchev–Trinajstić information content (AvgIpc) is 2.54. The van der Waals surface area contributed by atoms with Crippen LogP contribution in [-0.2, 0) is 16.0 Å². The second-order valence-corrected chi connectivity index (χ2v) is 5.23. The zero-order chi connectivity index (χ0) is 17.2. The Kier molecular flexibility index (Phi) is 7.94. The van der Waals surface area contributed by atoms with Gasteiger partial charge in [-0.05, 0) is 30.5 Å². The van der Waals surface area contributed by atoms with E-state index < -0.39 is 0 Å². The minimum atomic E-state index is -0.144. The number of rotatable bonds is 9. The highest BCUT2D eigenvalue weighted by Gasteiger charge is 2.12. The lowest BCUT2D eigenvalue weighted by Gasteiger charge is -2.19. The van der Waals surface area contributed by atoms with E-state index in [-0.39, 0.29) is 18.4 Å². The van der Waals surface area contributed by atoms with Gasteiger partial charge in [-0.3, -0.25) is 9.59 Å². The topological polar surface area (TPSA) is 67.9 Å². The molecule has 0 unspecified atom stereocenters. The van der Waals surface area contributed by atoms with Crippen LogP contribution in [0.15, 0.2) is 18.2 Å². The van der Waals surface area contributed by atoms with Crippen molar-refractivity contribution < 1.29 is 19.1 Å². The van der Waals surface area contributed by atoms with Crippen LogP contribution in [-0.4, -0.2) is 50.6 Å². The molecule has 0 aliphatic carbocycles. The second-order valence-electron chi connectivity index (χ2n) is 5.23. The molecule has 0 saturated carbocycles. The van der Waals surface area contributed by atoms with Gasteiger partial charge in [-0.1, -0.05) is 13.0 Å². The maximum absolute atomic E-state index is 11.9. The fourth-order valence-corrected chi connectivity index (χ4v) is 2.23. The van der Waals surface area contributed by atoms with Gasteiger partial charge >= 0.3 is 0 Å². The number of hydrogen-bond acceptors (Lipinski definition) is 4. The lowest BCUT2D eigenvalue weighted by Crippen LogP contribution is -2.40. The monoisotopic (exact) mass is 322 g/mol. The Morgan fingerprint density at radius 1 is 1.17 bits per heavy atom. The van der Waals surface area contributed by atoms with Gasteiger partial charge in [0, 0.05) is 20.0 Å². The predicted molar refractivity (Wildman–Crippen MR) is 88.8 cm³/mol. The van der Waals surface area contributed by atoms with E-state index in [1.807, 2.05) is 25.1 Å². The van der Waals surface area contributed by atoms with Crippen molar-refractivity contribution >= 4 is 11.8 Å². The van der Waals surface area contributed by atoms with Gasteiger partial charge in [-0.15, -0.1) is 0 Å². The smallest absolute Gasteiger partial charge is 0.239 e. The molecule has 2 amide bonds. The number of nitrogens with zero attached hydrogens (tertiary/aromatic N) is 1. The van der Waals surface area contributed by atoms with Crippen molar-refractivity contribution in [1.29, 1.82) is 0 Å². The lowest BCUT2D eigenvalue weighted by molar-refractivity contribution is -0.134. The number of methoxy groups -OCH3 is 2. The van der Waals surface area contributed by atoms with Crippen LogP contribution in [0.25, 0.3) is 0 Å². The summed E-state index contributed by atoms with van der Waals surface area (Å²) in [5.41, 5.74) is 1.04. The maximum Gasteiger partial charge on any atom is 0.239 e. The maximum atomic E-state index is 11.9. The molecule has 23 heavy (non-hydrogen) atoms. The summed E-state index contributed by atoms with van der Waals surface area (Å²) >= 11 is 0. The molecule has 0 atom stereocenters. The summed E-state index contributed by atoms with van der Waals surface area (Å²) in [5.74, 6) is 1.12. The zero-order valence-electron chi connectivity index (χ0n) is 14.3. The molecule has 1 rings (SSSR count). The first-order valence-electron chi connectivity index (χ1n) is 7.74. The molecule has 0 radical (unpaired) electrons. The molecule has 6 nitrogen and oxygen atoms in total. The standard InChI is InChI=1S/C17H26N2O4/c1-5-10-19(13(2)20)12-17(21)18-9-8-14-6-7-15(22-3)16(11-14)23-4/h6-7,11H,5,8-10,12H2,1-4H3,(H,18,21). The van der Waals surface area contributed by atoms with Gasteiger partial charge in [0.2, 0.25) is 11.8 Å². The van der Waals surface area contributed by atoms with Crippen LogP contribution >= 0.6 is 0 Å². The van der Waals surface area contributed by atoms with E-state index in [4.69, 9.17) is 9.47 Å². The molecule has 0 saturated heterocycles. The molecule has 128 valence electrons. The Balaban J connectivity index is 2.47. The minimum absolute atomic E-state index is 0.0816. The van der Waals surface area contributed by atoms with Crippen LogP contribution in [0.5, 0.6) is 11.5 Å². The average molecular weight is 322 g/mol. The molecule has 0 aliphatic rings. The van der Waals surface area contributed by atoms with Crippen molar-refractivity contribution in [2.45, 2.75) is 26.7 Å². The summed E-state index contributed by atoms with van der Waals surface area (Å²) in [4.78, 5) is 24.9. The number of benzene rings is 1. The van der Waals surface area contributed by atoms with Gasteiger partial charge in [0.25, 0.3) is 0 Å². The highest BCUT2D eigenvalue weighted by molar-refractivity contribution is 5.83. The third-order valence-corrected chi connectivity index (χ3v) is 3.46. The first-order chi connectivity index (χ1) is 11.0. The van der Waals surface area contributed by atoms with Crippen molar-refractivity contribution in [3.05, 3.63) is 23.8 Å². The summed E-state index contributed by atoms with van der Waals surface area (Å²) in [6, 6.07) is 5.67. The van der Waals surface area contributed by atoms with Crippen molar-refractivity contribution in [1.82, 2.24) is 10.2 Å². The second kappa shape index (κ2) is 9.71. The van der Waals surface area contributed by atoms with E-state index in [9.17, 15) is 9.59 Å². The Hall–Kier alpha value is -2.24. The van der Waals surface area contributed by atoms with Crippen molar-refractivity contribution in [3.63, 3.8) is 0 Å². The summed E-state index contributed by atoms with van der Waals surface area (Å²) in [7, 11) is 3.18. The first kappa shape index (κ1) is 18.8. The molecule has 0 fully saturated rings. The Labute approximate surface area is 137 Å². The van der Waals surface area contributed by atoms with E-state index in [1.165, 1.54) is 6.92 Å². The van der Waals surface area contributed by atoms with Crippen molar-refractivity contribution in [3.8, 4) is 11.5 Å². The Morgan fingerprint density at radius 2 is 1.87 bits per heavy atom. The van der Waals surface area contributed by atoms with Gasteiger partial charge in [0.1, 0.15) is 0 Å². The highest BCUT2D eigenvalue weighted by Crippen LogP contribution is 2.27. The van der Waals surface area contributed by atoms with Gasteiger partial charge in [0.15, 0.2) is 11.5 Å². The van der Waals surface area contributed by atoms with Crippen LogP contribution in [0.4, 0.5) is 0 Å². The molecule has 0 bridgehead atoms. The normalized spacial score (nSPS) is 10.1. The van der Waals surface area contributed by atoms with Crippen LogP contribution in [0.1, 0.15) is 25.8 Å². The number of amides is 2. The van der Waals surface area contributed by atoms with E-state index in [0.29, 0.717) is 31.0 Å². The molecule has 6 heteroatoms. The Morgan fingerprint density at radius 3 is 2.43 bits per heavy atom. The zero-order valence-corrected chi connectivity index (χ0v) is 14.3. The van der Waals surface area contributed by atoms with Gasteiger partial charge in [-0.2, -0.15) is 0 Å². The summed E-state index contributed by atoms with van der Waals surface area (Å²) < 4.78 is 10.4. The number of nitrogens with one attached hydrogen (secondary N) is 1. The van der Waals surface area contributed by atoms with Crippen molar-refractivity contribution in [2.24, 2.45) is 0 Å². The van der Waals surface area contributed by atoms with E-state index >= 15 is 0 Å². The van der Waals surface area contributed by atoms with Crippen LogP contribution in [0.3, 0.4) is 0 Å². The summed E-state index contributed by atoms with van der Waals surface area (Å²) in [6.07, 6.45) is 1.51. The first-order valence-corrected chi connectivity index (χ1v) is 7.74. The van der Waals surface area contributed by atoms with Crippen LogP contribution in [0, 0.1) is 0 Å². The summed E-state index contributed by atoms with van der Waals surface area (Å²) in [5, 5.41) is 2.84. The number of hydrogen-bond donors (Lipinski definition) is 1. The van der Waals surface area contributed by atoms with E-state index in [1.54, 1.807) is 19.1 Å². The van der Waals surface area contributed by atoms with Crippen LogP contribution < -0.4 is 14.8 Å². The molecule has 0 heterocycles. The molecule has 0 aromatic heterocycles. The highest BCUT2D eigenvalue weighted by atomic mass is 16.5. The van der Waals surface area contributed by atoms with Crippen LogP contribution in [0.2, 0.25) is 0 Å². The molecule has 1 aromatic carbocycles. The number of carbonyl (C=O) groups excluding carboxylic acids is 2. The van der Waals surface area contributed by atoms with Gasteiger partial charge < -0.3 is 19.7 Å². The van der Waals surface area contributed by atoms with E-state index in [0.717, 1.165) is 12.0 Å². The molecule has 0 spiro atoms. The number of carbonyl (C=O) groups is 2. The molecule has 1 N–H and O–H groups in total. The SMILES string of the molecule is CCCN(CC(=O)NCCc1ccc(OC)c(OC)c1)C(C)=O. The number of ether oxygens (including phenoxy) is 2. The molecular formula is C17H26N2O4.